The van der Waals surface area contributed by atoms with Crippen molar-refractivity contribution >= 4 is 43.0 Å². The number of hydrogen-bond donors (Lipinski definition) is 2. The largest absolute Gasteiger partial charge is 0.509 e. The minimum atomic E-state index is -0.983. The average molecular weight is 716 g/mol. The van der Waals surface area contributed by atoms with Crippen molar-refractivity contribution in [2.75, 3.05) is 64.3 Å². The topological polar surface area (TPSA) is 132 Å². The fourth-order valence-electron chi connectivity index (χ4n) is 8.46. The van der Waals surface area contributed by atoms with Gasteiger partial charge in [-0.3, -0.25) is 9.59 Å². The lowest BCUT2D eigenvalue weighted by Crippen LogP contribution is -2.52. The zero-order valence-corrected chi connectivity index (χ0v) is 30.8. The number of esters is 1. The monoisotopic (exact) mass is 715 g/mol. The highest BCUT2D eigenvalue weighted by molar-refractivity contribution is 6.34. The Bertz CT molecular complexity index is 1570. The van der Waals surface area contributed by atoms with E-state index in [2.05, 4.69) is 10.2 Å². The summed E-state index contributed by atoms with van der Waals surface area (Å²) < 4.78 is 11.1. The van der Waals surface area contributed by atoms with Gasteiger partial charge in [0, 0.05) is 57.4 Å². The average Bonchev–Trinajstić information content (AvgIpc) is 3.33. The quantitative estimate of drug-likeness (QED) is 0.284. The van der Waals surface area contributed by atoms with Crippen LogP contribution < -0.4 is 10.8 Å². The molecule has 0 bridgehead atoms. The second-order valence-corrected chi connectivity index (χ2v) is 14.8. The molecule has 2 aromatic carbocycles. The SMILES string of the molecule is Bc1cc(C[C@@H](OC(=O)N2CCC(N3CCc4ccccc4NC3=O)CC2)C(=O)N2CCC(C3CCN(CCC(=O)OCC)CC3)CC2)ccc1O. The number of ether oxygens (including phenoxy) is 2. The summed E-state index contributed by atoms with van der Waals surface area (Å²) in [6.07, 6.45) is 5.21. The van der Waals surface area contributed by atoms with Gasteiger partial charge < -0.3 is 39.5 Å². The lowest BCUT2D eigenvalue weighted by Gasteiger charge is -2.41. The summed E-state index contributed by atoms with van der Waals surface area (Å²) in [5.74, 6) is 1.01. The summed E-state index contributed by atoms with van der Waals surface area (Å²) in [7, 11) is 1.81. The first-order valence-corrected chi connectivity index (χ1v) is 19.2. The molecule has 0 aromatic heterocycles. The first kappa shape index (κ1) is 37.5. The molecule has 0 radical (unpaired) electrons. The van der Waals surface area contributed by atoms with E-state index in [4.69, 9.17) is 9.47 Å². The van der Waals surface area contributed by atoms with Crippen molar-refractivity contribution in [3.8, 4) is 5.75 Å². The number of urea groups is 1. The number of nitrogens with zero attached hydrogens (tertiary/aromatic N) is 4. The fourth-order valence-corrected chi connectivity index (χ4v) is 8.46. The van der Waals surface area contributed by atoms with E-state index in [9.17, 15) is 24.3 Å². The number of fused-ring (bicyclic) bond motifs is 1. The minimum Gasteiger partial charge on any atom is -0.509 e. The number of amides is 4. The molecule has 4 aliphatic rings. The molecule has 4 aliphatic heterocycles. The number of hydrogen-bond acceptors (Lipinski definition) is 8. The molecular weight excluding hydrogens is 661 g/mol. The van der Waals surface area contributed by atoms with Crippen LogP contribution >= 0.6 is 0 Å². The van der Waals surface area contributed by atoms with Crippen LogP contribution in [0.3, 0.4) is 0 Å². The highest BCUT2D eigenvalue weighted by Crippen LogP contribution is 2.33. The van der Waals surface area contributed by atoms with E-state index >= 15 is 0 Å². The van der Waals surface area contributed by atoms with Crippen LogP contribution in [0, 0.1) is 11.8 Å². The van der Waals surface area contributed by atoms with E-state index in [1.807, 2.05) is 54.9 Å². The maximum Gasteiger partial charge on any atom is 0.410 e. The number of anilines is 1. The van der Waals surface area contributed by atoms with E-state index in [1.165, 1.54) is 0 Å². The summed E-state index contributed by atoms with van der Waals surface area (Å²) in [6, 6.07) is 13.0. The summed E-state index contributed by atoms with van der Waals surface area (Å²) in [5.41, 5.74) is 3.49. The highest BCUT2D eigenvalue weighted by Gasteiger charge is 2.37. The van der Waals surface area contributed by atoms with Gasteiger partial charge in [0.1, 0.15) is 13.6 Å². The molecule has 12 nitrogen and oxygen atoms in total. The minimum absolute atomic E-state index is 0.00823. The van der Waals surface area contributed by atoms with Gasteiger partial charge in [-0.25, -0.2) is 9.59 Å². The van der Waals surface area contributed by atoms with Crippen LogP contribution in [0.1, 0.15) is 63.0 Å². The van der Waals surface area contributed by atoms with Gasteiger partial charge in [0.25, 0.3) is 5.91 Å². The Hall–Kier alpha value is -4.26. The number of rotatable bonds is 10. The number of benzene rings is 2. The molecular formula is C39H54BN5O7. The Morgan fingerprint density at radius 1 is 0.904 bits per heavy atom. The van der Waals surface area contributed by atoms with Crippen molar-refractivity contribution in [3.05, 3.63) is 53.6 Å². The number of piperidine rings is 3. The zero-order valence-electron chi connectivity index (χ0n) is 30.8. The number of para-hydroxylation sites is 1. The van der Waals surface area contributed by atoms with E-state index in [0.717, 1.165) is 68.6 Å². The van der Waals surface area contributed by atoms with Crippen molar-refractivity contribution in [2.45, 2.75) is 76.9 Å². The number of phenolic OH excluding ortho intramolecular Hbond substituents is 1. The van der Waals surface area contributed by atoms with Gasteiger partial charge >= 0.3 is 18.1 Å². The normalized spacial score (nSPS) is 20.1. The smallest absolute Gasteiger partial charge is 0.410 e. The molecule has 0 aliphatic carbocycles. The molecule has 0 saturated carbocycles. The van der Waals surface area contributed by atoms with Crippen molar-refractivity contribution < 1.29 is 33.8 Å². The van der Waals surface area contributed by atoms with Gasteiger partial charge in [0.2, 0.25) is 0 Å². The Morgan fingerprint density at radius 3 is 2.27 bits per heavy atom. The van der Waals surface area contributed by atoms with Crippen molar-refractivity contribution in [1.29, 1.82) is 0 Å². The summed E-state index contributed by atoms with van der Waals surface area (Å²) in [5, 5.41) is 13.1. The number of carbonyl (C=O) groups excluding carboxylic acids is 4. The molecule has 0 unspecified atom stereocenters. The molecule has 2 aromatic rings. The number of aromatic hydroxyl groups is 1. The first-order valence-electron chi connectivity index (χ1n) is 19.2. The second-order valence-electron chi connectivity index (χ2n) is 14.8. The molecule has 0 spiro atoms. The van der Waals surface area contributed by atoms with Gasteiger partial charge in [0.15, 0.2) is 6.10 Å². The molecule has 3 saturated heterocycles. The van der Waals surface area contributed by atoms with Crippen molar-refractivity contribution in [1.82, 2.24) is 19.6 Å². The number of carbonyl (C=O) groups is 4. The lowest BCUT2D eigenvalue weighted by atomic mass is 9.78. The van der Waals surface area contributed by atoms with Gasteiger partial charge in [0.05, 0.1) is 13.0 Å². The molecule has 280 valence electrons. The molecule has 6 rings (SSSR count). The second kappa shape index (κ2) is 17.5. The van der Waals surface area contributed by atoms with Gasteiger partial charge in [-0.05, 0) is 106 Å². The Morgan fingerprint density at radius 2 is 1.58 bits per heavy atom. The van der Waals surface area contributed by atoms with Crippen LogP contribution in [-0.2, 0) is 31.9 Å². The molecule has 3 fully saturated rings. The Kier molecular flexibility index (Phi) is 12.6. The predicted molar refractivity (Wildman–Crippen MR) is 200 cm³/mol. The van der Waals surface area contributed by atoms with Crippen LogP contribution in [0.2, 0.25) is 0 Å². The van der Waals surface area contributed by atoms with Crippen LogP contribution in [0.4, 0.5) is 15.3 Å². The Labute approximate surface area is 308 Å². The van der Waals surface area contributed by atoms with E-state index in [-0.39, 0.29) is 36.1 Å². The van der Waals surface area contributed by atoms with Crippen molar-refractivity contribution in [3.63, 3.8) is 0 Å². The molecule has 13 heteroatoms. The predicted octanol–water partition coefficient (Wildman–Crippen LogP) is 3.16. The molecule has 1 atom stereocenters. The van der Waals surface area contributed by atoms with E-state index < -0.39 is 12.2 Å². The maximum atomic E-state index is 14.1. The van der Waals surface area contributed by atoms with Crippen LogP contribution in [0.15, 0.2) is 42.5 Å². The molecule has 52 heavy (non-hydrogen) atoms. The fraction of sp³-hybridized carbons (Fsp3) is 0.590. The third kappa shape index (κ3) is 9.39. The Balaban J connectivity index is 1.02. The van der Waals surface area contributed by atoms with Crippen LogP contribution in [-0.4, -0.2) is 128 Å². The number of likely N-dealkylation sites (tertiary alicyclic amines) is 3. The summed E-state index contributed by atoms with van der Waals surface area (Å²) in [6.45, 7) is 7.68. The van der Waals surface area contributed by atoms with Gasteiger partial charge in [-0.1, -0.05) is 30.3 Å². The zero-order chi connectivity index (χ0) is 36.6. The van der Waals surface area contributed by atoms with Crippen LogP contribution in [0.25, 0.3) is 0 Å². The molecule has 2 N–H and O–H groups in total. The lowest BCUT2D eigenvalue weighted by molar-refractivity contribution is -0.144. The summed E-state index contributed by atoms with van der Waals surface area (Å²) >= 11 is 0. The number of nitrogens with one attached hydrogen (secondary N) is 1. The van der Waals surface area contributed by atoms with Crippen molar-refractivity contribution in [2.24, 2.45) is 11.8 Å². The highest BCUT2D eigenvalue weighted by atomic mass is 16.6. The molecule has 4 heterocycles. The van der Waals surface area contributed by atoms with E-state index in [0.29, 0.717) is 75.9 Å². The van der Waals surface area contributed by atoms with Gasteiger partial charge in [-0.2, -0.15) is 0 Å². The molecule has 4 amide bonds. The third-order valence-corrected chi connectivity index (χ3v) is 11.6. The summed E-state index contributed by atoms with van der Waals surface area (Å²) in [4.78, 5) is 60.4. The van der Waals surface area contributed by atoms with Crippen LogP contribution in [0.5, 0.6) is 5.75 Å². The number of phenols is 1. The van der Waals surface area contributed by atoms with E-state index in [1.54, 1.807) is 17.0 Å². The van der Waals surface area contributed by atoms with Gasteiger partial charge in [-0.15, -0.1) is 0 Å². The maximum absolute atomic E-state index is 14.1. The first-order chi connectivity index (χ1) is 25.2. The standard InChI is InChI=1S/C39H54BN5O7/c1-2-51-36(47)16-19-42-17-9-28(10-18-42)29-11-20-43(21-12-29)37(48)35(26-27-7-8-34(46)32(40)25-27)52-39(50)44-22-14-31(15-23-44)45-24-13-30-5-3-4-6-33(30)41-38(45)49/h3-8,25,28-29,31,35,46H,2,9-24,26,40H2,1H3,(H,41,49)/t35-/m1/s1. The third-order valence-electron chi connectivity index (χ3n) is 11.6.